The zero-order valence-electron chi connectivity index (χ0n) is 19.2. The van der Waals surface area contributed by atoms with Crippen LogP contribution in [0.2, 0.25) is 0 Å². The number of ether oxygens (including phenoxy) is 2. The summed E-state index contributed by atoms with van der Waals surface area (Å²) < 4.78 is 50.0. The highest BCUT2D eigenvalue weighted by atomic mass is 19.4. The van der Waals surface area contributed by atoms with Gasteiger partial charge in [-0.1, -0.05) is 0 Å². The quantitative estimate of drug-likeness (QED) is 0.669. The molecule has 1 aromatic rings. The minimum absolute atomic E-state index is 0.0278. The van der Waals surface area contributed by atoms with E-state index in [2.05, 4.69) is 10.3 Å². The summed E-state index contributed by atoms with van der Waals surface area (Å²) in [6.45, 7) is 2.68. The van der Waals surface area contributed by atoms with Gasteiger partial charge in [0.2, 0.25) is 5.91 Å². The summed E-state index contributed by atoms with van der Waals surface area (Å²) in [4.78, 5) is 31.5. The molecule has 0 bridgehead atoms. The molecule has 2 saturated heterocycles. The molecule has 34 heavy (non-hydrogen) atoms. The van der Waals surface area contributed by atoms with Gasteiger partial charge >= 0.3 is 6.18 Å². The summed E-state index contributed by atoms with van der Waals surface area (Å²) in [5.74, 6) is -1.42. The Labute approximate surface area is 197 Å². The SMILES string of the molecule is O=C(NC1CCOCC1)c1ncccc1OCC1CCN(C(=O)[C@H]2CC[C@H](C(F)(F)F)CC2)C1. The van der Waals surface area contributed by atoms with Crippen LogP contribution in [0.3, 0.4) is 0 Å². The number of hydrogen-bond donors (Lipinski definition) is 1. The van der Waals surface area contributed by atoms with Crippen molar-refractivity contribution < 1.29 is 32.2 Å². The molecule has 188 valence electrons. The topological polar surface area (TPSA) is 80.8 Å². The molecule has 1 aliphatic carbocycles. The van der Waals surface area contributed by atoms with Gasteiger partial charge in [0.1, 0.15) is 0 Å². The Hall–Kier alpha value is -2.36. The summed E-state index contributed by atoms with van der Waals surface area (Å²) in [5.41, 5.74) is 0.237. The largest absolute Gasteiger partial charge is 0.491 e. The van der Waals surface area contributed by atoms with Crippen molar-refractivity contribution in [2.24, 2.45) is 17.8 Å². The number of hydrogen-bond acceptors (Lipinski definition) is 5. The normalized spacial score (nSPS) is 26.3. The smallest absolute Gasteiger partial charge is 0.391 e. The van der Waals surface area contributed by atoms with Crippen LogP contribution in [0.15, 0.2) is 18.3 Å². The third-order valence-electron chi connectivity index (χ3n) is 7.15. The molecule has 3 fully saturated rings. The van der Waals surface area contributed by atoms with Crippen molar-refractivity contribution in [3.8, 4) is 5.75 Å². The summed E-state index contributed by atoms with van der Waals surface area (Å²) >= 11 is 0. The molecular formula is C24H32F3N3O4. The fourth-order valence-corrected chi connectivity index (χ4v) is 5.08. The third kappa shape index (κ3) is 6.20. The Morgan fingerprint density at radius 3 is 2.56 bits per heavy atom. The van der Waals surface area contributed by atoms with E-state index < -0.39 is 12.1 Å². The molecule has 7 nitrogen and oxygen atoms in total. The monoisotopic (exact) mass is 483 g/mol. The Bertz CT molecular complexity index is 852. The second kappa shape index (κ2) is 10.9. The lowest BCUT2D eigenvalue weighted by atomic mass is 9.81. The zero-order chi connectivity index (χ0) is 24.1. The number of carbonyl (C=O) groups is 2. The van der Waals surface area contributed by atoms with Gasteiger partial charge in [0.05, 0.1) is 12.5 Å². The molecule has 1 N–H and O–H groups in total. The standard InChI is InChI=1S/C24H32F3N3O4/c25-24(26,27)18-5-3-17(4-6-18)23(32)30-11-7-16(14-30)15-34-20-2-1-10-28-21(20)22(31)29-19-8-12-33-13-9-19/h1-2,10,16-19H,3-9,11-15H2,(H,29,31)/t16?,17-,18-. The second-order valence-electron chi connectivity index (χ2n) is 9.55. The number of nitrogens with zero attached hydrogens (tertiary/aromatic N) is 2. The highest BCUT2D eigenvalue weighted by Crippen LogP contribution is 2.40. The number of aromatic nitrogens is 1. The number of alkyl halides is 3. The van der Waals surface area contributed by atoms with Gasteiger partial charge in [-0.3, -0.25) is 9.59 Å². The van der Waals surface area contributed by atoms with Crippen molar-refractivity contribution in [2.75, 3.05) is 32.9 Å². The van der Waals surface area contributed by atoms with E-state index in [0.717, 1.165) is 19.3 Å². The molecule has 2 amide bonds. The first-order valence-corrected chi connectivity index (χ1v) is 12.1. The van der Waals surface area contributed by atoms with E-state index in [1.807, 2.05) is 0 Å². The molecule has 4 rings (SSSR count). The minimum Gasteiger partial charge on any atom is -0.491 e. The molecule has 2 aliphatic heterocycles. The lowest BCUT2D eigenvalue weighted by molar-refractivity contribution is -0.185. The number of pyridine rings is 1. The maximum atomic E-state index is 12.9. The van der Waals surface area contributed by atoms with Crippen LogP contribution in [-0.2, 0) is 9.53 Å². The Morgan fingerprint density at radius 1 is 1.12 bits per heavy atom. The molecular weight excluding hydrogens is 451 g/mol. The fraction of sp³-hybridized carbons (Fsp3) is 0.708. The second-order valence-corrected chi connectivity index (χ2v) is 9.55. The molecule has 1 saturated carbocycles. The summed E-state index contributed by atoms with van der Waals surface area (Å²) in [5, 5.41) is 2.99. The van der Waals surface area contributed by atoms with Gasteiger partial charge in [0.15, 0.2) is 11.4 Å². The van der Waals surface area contributed by atoms with Gasteiger partial charge in [-0.05, 0) is 57.1 Å². The fourth-order valence-electron chi connectivity index (χ4n) is 5.08. The first kappa shape index (κ1) is 24.8. The summed E-state index contributed by atoms with van der Waals surface area (Å²) in [6.07, 6.45) is 0.306. The van der Waals surface area contributed by atoms with Crippen molar-refractivity contribution >= 4 is 11.8 Å². The average molecular weight is 484 g/mol. The van der Waals surface area contributed by atoms with Gasteiger partial charge in [-0.2, -0.15) is 13.2 Å². The molecule has 0 radical (unpaired) electrons. The van der Waals surface area contributed by atoms with Crippen LogP contribution < -0.4 is 10.1 Å². The van der Waals surface area contributed by atoms with Crippen LogP contribution in [0.1, 0.15) is 55.4 Å². The highest BCUT2D eigenvalue weighted by Gasteiger charge is 2.43. The predicted octanol–water partition coefficient (Wildman–Crippen LogP) is 3.59. The van der Waals surface area contributed by atoms with Crippen LogP contribution in [0.5, 0.6) is 5.75 Å². The van der Waals surface area contributed by atoms with Crippen LogP contribution in [0.25, 0.3) is 0 Å². The van der Waals surface area contributed by atoms with Crippen LogP contribution >= 0.6 is 0 Å². The van der Waals surface area contributed by atoms with Gasteiger partial charge in [0, 0.05) is 50.4 Å². The lowest BCUT2D eigenvalue weighted by Gasteiger charge is -2.31. The summed E-state index contributed by atoms with van der Waals surface area (Å²) in [7, 11) is 0. The number of carbonyl (C=O) groups excluding carboxylic acids is 2. The molecule has 3 heterocycles. The van der Waals surface area contributed by atoms with Crippen LogP contribution in [0.4, 0.5) is 13.2 Å². The predicted molar refractivity (Wildman–Crippen MR) is 117 cm³/mol. The maximum Gasteiger partial charge on any atom is 0.391 e. The Balaban J connectivity index is 1.25. The van der Waals surface area contributed by atoms with Gasteiger partial charge in [0.25, 0.3) is 5.91 Å². The zero-order valence-corrected chi connectivity index (χ0v) is 19.2. The van der Waals surface area contributed by atoms with E-state index in [1.54, 1.807) is 23.2 Å². The Morgan fingerprint density at radius 2 is 1.85 bits per heavy atom. The van der Waals surface area contributed by atoms with Crippen molar-refractivity contribution in [1.29, 1.82) is 0 Å². The average Bonchev–Trinajstić information content (AvgIpc) is 3.32. The van der Waals surface area contributed by atoms with E-state index >= 15 is 0 Å². The molecule has 0 aromatic carbocycles. The van der Waals surface area contributed by atoms with E-state index in [4.69, 9.17) is 9.47 Å². The maximum absolute atomic E-state index is 12.9. The first-order valence-electron chi connectivity index (χ1n) is 12.1. The van der Waals surface area contributed by atoms with E-state index in [-0.39, 0.29) is 48.2 Å². The lowest BCUT2D eigenvalue weighted by Crippen LogP contribution is -2.39. The number of halogens is 3. The van der Waals surface area contributed by atoms with E-state index in [1.165, 1.54) is 0 Å². The third-order valence-corrected chi connectivity index (χ3v) is 7.15. The van der Waals surface area contributed by atoms with E-state index in [0.29, 0.717) is 51.5 Å². The van der Waals surface area contributed by atoms with Gasteiger partial charge < -0.3 is 19.7 Å². The van der Waals surface area contributed by atoms with Gasteiger partial charge in [-0.25, -0.2) is 4.98 Å². The number of likely N-dealkylation sites (tertiary alicyclic amines) is 1. The number of rotatable bonds is 6. The van der Waals surface area contributed by atoms with Crippen LogP contribution in [-0.4, -0.2) is 66.8 Å². The molecule has 3 aliphatic rings. The first-order chi connectivity index (χ1) is 16.3. The van der Waals surface area contributed by atoms with Crippen molar-refractivity contribution in [1.82, 2.24) is 15.2 Å². The minimum atomic E-state index is -4.17. The molecule has 1 atom stereocenters. The summed E-state index contributed by atoms with van der Waals surface area (Å²) in [6, 6.07) is 3.47. The number of nitrogens with one attached hydrogen (secondary N) is 1. The molecule has 1 unspecified atom stereocenters. The van der Waals surface area contributed by atoms with Gasteiger partial charge in [-0.15, -0.1) is 0 Å². The van der Waals surface area contributed by atoms with Crippen LogP contribution in [0, 0.1) is 17.8 Å². The Kier molecular flexibility index (Phi) is 7.95. The molecule has 0 spiro atoms. The molecule has 1 aromatic heterocycles. The van der Waals surface area contributed by atoms with Crippen molar-refractivity contribution in [2.45, 2.75) is 57.2 Å². The highest BCUT2D eigenvalue weighted by molar-refractivity contribution is 5.95. The van der Waals surface area contributed by atoms with E-state index in [9.17, 15) is 22.8 Å². The van der Waals surface area contributed by atoms with Crippen molar-refractivity contribution in [3.05, 3.63) is 24.0 Å². The number of amides is 2. The van der Waals surface area contributed by atoms with Crippen molar-refractivity contribution in [3.63, 3.8) is 0 Å². The molecule has 10 heteroatoms.